The fraction of sp³-hybridized carbons (Fsp3) is 0.235. The molecule has 2 aromatic carbocycles. The average molecular weight is 399 g/mol. The Morgan fingerprint density at radius 2 is 1.84 bits per heavy atom. The number of nitrogens with one attached hydrogen (secondary N) is 1. The number of halogens is 2. The van der Waals surface area contributed by atoms with Gasteiger partial charge in [-0.3, -0.25) is 0 Å². The molecule has 0 atom stereocenters. The number of benzene rings is 2. The van der Waals surface area contributed by atoms with Gasteiger partial charge in [-0.25, -0.2) is 13.2 Å². The lowest BCUT2D eigenvalue weighted by atomic mass is 10.0. The van der Waals surface area contributed by atoms with Crippen LogP contribution in [0.5, 0.6) is 0 Å². The lowest BCUT2D eigenvalue weighted by Gasteiger charge is -2.29. The summed E-state index contributed by atoms with van der Waals surface area (Å²) in [6, 6.07) is 9.70. The second-order valence-electron chi connectivity index (χ2n) is 5.93. The zero-order valence-corrected chi connectivity index (χ0v) is 15.7. The third kappa shape index (κ3) is 4.08. The summed E-state index contributed by atoms with van der Waals surface area (Å²) in [5, 5.41) is 3.59. The molecule has 0 aliphatic carbocycles. The van der Waals surface area contributed by atoms with E-state index in [2.05, 4.69) is 5.32 Å². The number of sulfone groups is 1. The monoisotopic (exact) mass is 398 g/mol. The summed E-state index contributed by atoms with van der Waals surface area (Å²) in [5.74, 6) is 0. The Kier molecular flexibility index (Phi) is 4.95. The molecule has 1 heterocycles. The smallest absolute Gasteiger partial charge is 0.320 e. The van der Waals surface area contributed by atoms with E-state index in [0.717, 1.165) is 11.1 Å². The van der Waals surface area contributed by atoms with Crippen molar-refractivity contribution in [3.05, 3.63) is 57.6 Å². The van der Waals surface area contributed by atoms with E-state index in [9.17, 15) is 13.2 Å². The minimum Gasteiger partial charge on any atom is -0.320 e. The third-order valence-electron chi connectivity index (χ3n) is 4.08. The molecule has 8 heteroatoms. The molecule has 25 heavy (non-hydrogen) atoms. The summed E-state index contributed by atoms with van der Waals surface area (Å²) in [7, 11) is -3.23. The first kappa shape index (κ1) is 18.0. The van der Waals surface area contributed by atoms with Crippen LogP contribution in [0.1, 0.15) is 11.1 Å². The summed E-state index contributed by atoms with van der Waals surface area (Å²) >= 11 is 11.8. The Morgan fingerprint density at radius 3 is 2.52 bits per heavy atom. The van der Waals surface area contributed by atoms with Crippen molar-refractivity contribution in [1.29, 1.82) is 0 Å². The number of carbonyl (C=O) groups excluding carboxylic acids is 1. The number of urea groups is 1. The van der Waals surface area contributed by atoms with Gasteiger partial charge in [0, 0.05) is 25.0 Å². The second kappa shape index (κ2) is 6.86. The number of carbonyl (C=O) groups is 1. The van der Waals surface area contributed by atoms with Crippen molar-refractivity contribution < 1.29 is 13.2 Å². The van der Waals surface area contributed by atoms with Crippen molar-refractivity contribution in [1.82, 2.24) is 4.90 Å². The maximum atomic E-state index is 12.4. The number of anilines is 1. The van der Waals surface area contributed by atoms with E-state index in [1.165, 1.54) is 6.26 Å². The molecule has 3 rings (SSSR count). The molecule has 5 nitrogen and oxygen atoms in total. The number of amides is 2. The third-order valence-corrected chi connectivity index (χ3v) is 5.93. The summed E-state index contributed by atoms with van der Waals surface area (Å²) in [6.45, 7) is 0.930. The molecule has 1 aliphatic rings. The minimum absolute atomic E-state index is 0.240. The highest BCUT2D eigenvalue weighted by Gasteiger charge is 2.22. The number of fused-ring (bicyclic) bond motifs is 1. The van der Waals surface area contributed by atoms with Gasteiger partial charge in [-0.15, -0.1) is 0 Å². The fourth-order valence-electron chi connectivity index (χ4n) is 2.71. The molecule has 0 aromatic heterocycles. The van der Waals surface area contributed by atoms with E-state index >= 15 is 0 Å². The van der Waals surface area contributed by atoms with Gasteiger partial charge < -0.3 is 10.2 Å². The van der Waals surface area contributed by atoms with Gasteiger partial charge >= 0.3 is 6.03 Å². The van der Waals surface area contributed by atoms with Gasteiger partial charge in [0.1, 0.15) is 0 Å². The molecule has 132 valence electrons. The fourth-order valence-corrected chi connectivity index (χ4v) is 3.68. The second-order valence-corrected chi connectivity index (χ2v) is 8.76. The van der Waals surface area contributed by atoms with Crippen LogP contribution in [0.15, 0.2) is 41.3 Å². The highest BCUT2D eigenvalue weighted by atomic mass is 35.5. The topological polar surface area (TPSA) is 66.5 Å². The van der Waals surface area contributed by atoms with Crippen LogP contribution in [0.4, 0.5) is 10.5 Å². The number of hydrogen-bond acceptors (Lipinski definition) is 3. The van der Waals surface area contributed by atoms with Crippen LogP contribution >= 0.6 is 23.2 Å². The SMILES string of the molecule is CS(=O)(=O)c1ccc2c(c1)CCN(C(=O)Nc1ccc(Cl)c(Cl)c1)C2. The van der Waals surface area contributed by atoms with Crippen molar-refractivity contribution in [3.63, 3.8) is 0 Å². The zero-order chi connectivity index (χ0) is 18.2. The standard InChI is InChI=1S/C17H16Cl2N2O3S/c1-25(23,24)14-4-2-12-10-21(7-6-11(12)8-14)17(22)20-13-3-5-15(18)16(19)9-13/h2-5,8-9H,6-7,10H2,1H3,(H,20,22). The molecule has 0 spiro atoms. The quantitative estimate of drug-likeness (QED) is 0.831. The molecule has 2 amide bonds. The molecule has 0 unspecified atom stereocenters. The molecule has 0 bridgehead atoms. The number of nitrogens with zero attached hydrogens (tertiary/aromatic N) is 1. The molecule has 0 fully saturated rings. The summed E-state index contributed by atoms with van der Waals surface area (Å²) in [5.41, 5.74) is 2.47. The number of hydrogen-bond donors (Lipinski definition) is 1. The van der Waals surface area contributed by atoms with Crippen LogP contribution in [0.25, 0.3) is 0 Å². The molecule has 1 aliphatic heterocycles. The van der Waals surface area contributed by atoms with Gasteiger partial charge in [0.15, 0.2) is 9.84 Å². The van der Waals surface area contributed by atoms with Gasteiger partial charge in [0.25, 0.3) is 0 Å². The predicted molar refractivity (Wildman–Crippen MR) is 99.1 cm³/mol. The normalized spacial score (nSPS) is 14.1. The first-order valence-corrected chi connectivity index (χ1v) is 10.2. The maximum absolute atomic E-state index is 12.4. The van der Waals surface area contributed by atoms with E-state index in [4.69, 9.17) is 23.2 Å². The van der Waals surface area contributed by atoms with E-state index in [1.807, 2.05) is 0 Å². The lowest BCUT2D eigenvalue weighted by molar-refractivity contribution is 0.206. The highest BCUT2D eigenvalue weighted by molar-refractivity contribution is 7.90. The van der Waals surface area contributed by atoms with E-state index in [1.54, 1.807) is 41.3 Å². The van der Waals surface area contributed by atoms with E-state index < -0.39 is 9.84 Å². The molecule has 2 aromatic rings. The van der Waals surface area contributed by atoms with Crippen LogP contribution in [0.2, 0.25) is 10.0 Å². The van der Waals surface area contributed by atoms with Crippen LogP contribution < -0.4 is 5.32 Å². The van der Waals surface area contributed by atoms with E-state index in [0.29, 0.717) is 40.1 Å². The highest BCUT2D eigenvalue weighted by Crippen LogP contribution is 2.26. The predicted octanol–water partition coefficient (Wildman–Crippen LogP) is 3.99. The average Bonchev–Trinajstić information content (AvgIpc) is 2.56. The molecular weight excluding hydrogens is 383 g/mol. The van der Waals surface area contributed by atoms with Crippen LogP contribution in [-0.4, -0.2) is 32.1 Å². The van der Waals surface area contributed by atoms with Crippen LogP contribution in [-0.2, 0) is 22.8 Å². The first-order chi connectivity index (χ1) is 11.7. The Morgan fingerprint density at radius 1 is 1.08 bits per heavy atom. The Labute approximate surface area is 156 Å². The van der Waals surface area contributed by atoms with Crippen molar-refractivity contribution >= 4 is 44.8 Å². The summed E-state index contributed by atoms with van der Waals surface area (Å²) in [4.78, 5) is 14.4. The van der Waals surface area contributed by atoms with Gasteiger partial charge in [0.2, 0.25) is 0 Å². The van der Waals surface area contributed by atoms with Crippen LogP contribution in [0.3, 0.4) is 0 Å². The Balaban J connectivity index is 1.73. The lowest BCUT2D eigenvalue weighted by Crippen LogP contribution is -2.38. The Hall–Kier alpha value is -1.76. The number of rotatable bonds is 2. The largest absolute Gasteiger partial charge is 0.322 e. The van der Waals surface area contributed by atoms with E-state index in [-0.39, 0.29) is 6.03 Å². The molecule has 0 saturated carbocycles. The first-order valence-electron chi connectivity index (χ1n) is 7.57. The summed E-state index contributed by atoms with van der Waals surface area (Å²) in [6.07, 6.45) is 1.79. The van der Waals surface area contributed by atoms with Gasteiger partial charge in [-0.1, -0.05) is 29.3 Å². The van der Waals surface area contributed by atoms with Gasteiger partial charge in [-0.2, -0.15) is 0 Å². The van der Waals surface area contributed by atoms with Crippen molar-refractivity contribution in [3.8, 4) is 0 Å². The van der Waals surface area contributed by atoms with Crippen molar-refractivity contribution in [2.75, 3.05) is 18.1 Å². The Bertz CT molecular complexity index is 945. The van der Waals surface area contributed by atoms with Crippen molar-refractivity contribution in [2.45, 2.75) is 17.9 Å². The molecule has 0 radical (unpaired) electrons. The zero-order valence-electron chi connectivity index (χ0n) is 13.4. The van der Waals surface area contributed by atoms with Gasteiger partial charge in [0.05, 0.1) is 14.9 Å². The molecule has 0 saturated heterocycles. The van der Waals surface area contributed by atoms with Crippen molar-refractivity contribution in [2.24, 2.45) is 0 Å². The minimum atomic E-state index is -3.23. The van der Waals surface area contributed by atoms with Gasteiger partial charge in [-0.05, 0) is 47.9 Å². The summed E-state index contributed by atoms with van der Waals surface area (Å²) < 4.78 is 23.3. The molecular formula is C17H16Cl2N2O3S. The maximum Gasteiger partial charge on any atom is 0.322 e. The molecule has 1 N–H and O–H groups in total. The van der Waals surface area contributed by atoms with Crippen LogP contribution in [0, 0.1) is 0 Å².